The Hall–Kier alpha value is -1.97. The van der Waals surface area contributed by atoms with Gasteiger partial charge in [-0.2, -0.15) is 0 Å². The summed E-state index contributed by atoms with van der Waals surface area (Å²) in [6.45, 7) is 0.541. The van der Waals surface area contributed by atoms with Gasteiger partial charge in [-0.15, -0.1) is 0 Å². The van der Waals surface area contributed by atoms with E-state index in [9.17, 15) is 15.0 Å². The first-order valence-electron chi connectivity index (χ1n) is 6.59. The summed E-state index contributed by atoms with van der Waals surface area (Å²) < 4.78 is 0. The highest BCUT2D eigenvalue weighted by Gasteiger charge is 2.13. The molecule has 2 rings (SSSR count). The molecule has 1 aliphatic carbocycles. The number of rotatable bonds is 5. The second-order valence-electron chi connectivity index (χ2n) is 4.89. The molecule has 0 fully saturated rings. The Balaban J connectivity index is 1.72. The summed E-state index contributed by atoms with van der Waals surface area (Å²) in [6, 6.07) is 4.71. The zero-order valence-corrected chi connectivity index (χ0v) is 10.8. The summed E-state index contributed by atoms with van der Waals surface area (Å²) in [4.78, 5) is 11.7. The third kappa shape index (κ3) is 4.02. The lowest BCUT2D eigenvalue weighted by atomic mass is 10.0. The number of nitrogens with one attached hydrogen (secondary N) is 1. The van der Waals surface area contributed by atoms with Crippen LogP contribution < -0.4 is 5.32 Å². The summed E-state index contributed by atoms with van der Waals surface area (Å²) in [5.74, 6) is 0.206. The Kier molecular flexibility index (Phi) is 4.44. The highest BCUT2D eigenvalue weighted by Crippen LogP contribution is 2.25. The van der Waals surface area contributed by atoms with Crippen molar-refractivity contribution in [3.63, 3.8) is 0 Å². The van der Waals surface area contributed by atoms with Crippen molar-refractivity contribution < 1.29 is 15.0 Å². The van der Waals surface area contributed by atoms with Gasteiger partial charge in [0.15, 0.2) is 11.5 Å². The number of carbonyl (C=O) groups excluding carboxylic acids is 1. The van der Waals surface area contributed by atoms with Gasteiger partial charge in [0.2, 0.25) is 5.91 Å². The van der Waals surface area contributed by atoms with Gasteiger partial charge in [0.05, 0.1) is 0 Å². The molecule has 0 aromatic heterocycles. The minimum Gasteiger partial charge on any atom is -0.504 e. The fourth-order valence-electron chi connectivity index (χ4n) is 2.25. The quantitative estimate of drug-likeness (QED) is 0.561. The Morgan fingerprint density at radius 2 is 2.16 bits per heavy atom. The largest absolute Gasteiger partial charge is 0.504 e. The lowest BCUT2D eigenvalue weighted by Crippen LogP contribution is -2.26. The van der Waals surface area contributed by atoms with Crippen LogP contribution >= 0.6 is 0 Å². The van der Waals surface area contributed by atoms with Crippen LogP contribution in [0.3, 0.4) is 0 Å². The molecule has 0 aliphatic heterocycles. The van der Waals surface area contributed by atoms with Crippen LogP contribution in [0.5, 0.6) is 11.5 Å². The van der Waals surface area contributed by atoms with Gasteiger partial charge >= 0.3 is 0 Å². The Bertz CT molecular complexity index is 482. The number of amides is 1. The van der Waals surface area contributed by atoms with Crippen molar-refractivity contribution in [2.24, 2.45) is 5.92 Å². The Labute approximate surface area is 112 Å². The smallest absolute Gasteiger partial charge is 0.220 e. The molecule has 102 valence electrons. The average Bonchev–Trinajstić information content (AvgIpc) is 2.86. The van der Waals surface area contributed by atoms with Crippen molar-refractivity contribution in [3.05, 3.63) is 35.9 Å². The Morgan fingerprint density at radius 3 is 2.84 bits per heavy atom. The van der Waals surface area contributed by atoms with Crippen molar-refractivity contribution in [1.82, 2.24) is 5.32 Å². The molecule has 0 heterocycles. The van der Waals surface area contributed by atoms with Crippen molar-refractivity contribution >= 4 is 5.91 Å². The molecular formula is C15H19NO3. The molecule has 0 spiro atoms. The predicted octanol–water partition coefficient (Wildman–Crippen LogP) is 2.11. The van der Waals surface area contributed by atoms with Crippen LogP contribution in [0.1, 0.15) is 24.8 Å². The van der Waals surface area contributed by atoms with E-state index in [1.165, 1.54) is 12.1 Å². The maximum absolute atomic E-state index is 11.7. The molecule has 0 radical (unpaired) electrons. The maximum atomic E-state index is 11.7. The molecule has 0 saturated carbocycles. The number of benzene rings is 1. The van der Waals surface area contributed by atoms with E-state index in [1.54, 1.807) is 6.07 Å². The fourth-order valence-corrected chi connectivity index (χ4v) is 2.25. The zero-order chi connectivity index (χ0) is 13.7. The van der Waals surface area contributed by atoms with Crippen molar-refractivity contribution in [3.8, 4) is 11.5 Å². The number of phenols is 2. The third-order valence-electron chi connectivity index (χ3n) is 3.34. The van der Waals surface area contributed by atoms with Crippen LogP contribution in [-0.4, -0.2) is 22.7 Å². The molecule has 1 aliphatic rings. The van der Waals surface area contributed by atoms with Crippen LogP contribution in [0, 0.1) is 5.92 Å². The van der Waals surface area contributed by atoms with Crippen LogP contribution in [0.25, 0.3) is 0 Å². The fraction of sp³-hybridized carbons (Fsp3) is 0.400. The number of phenolic OH excluding ortho intramolecular Hbond substituents is 2. The van der Waals surface area contributed by atoms with E-state index in [0.717, 1.165) is 18.4 Å². The molecule has 4 nitrogen and oxygen atoms in total. The van der Waals surface area contributed by atoms with Crippen molar-refractivity contribution in [2.45, 2.75) is 25.7 Å². The summed E-state index contributed by atoms with van der Waals surface area (Å²) in [5.41, 5.74) is 0.886. The maximum Gasteiger partial charge on any atom is 0.220 e. The van der Waals surface area contributed by atoms with Gasteiger partial charge < -0.3 is 15.5 Å². The highest BCUT2D eigenvalue weighted by molar-refractivity contribution is 5.76. The van der Waals surface area contributed by atoms with Crippen LogP contribution in [0.2, 0.25) is 0 Å². The predicted molar refractivity (Wildman–Crippen MR) is 73.0 cm³/mol. The summed E-state index contributed by atoms with van der Waals surface area (Å²) in [6.07, 6.45) is 7.57. The summed E-state index contributed by atoms with van der Waals surface area (Å²) in [5, 5.41) is 21.4. The van der Waals surface area contributed by atoms with E-state index in [4.69, 9.17) is 0 Å². The van der Waals surface area contributed by atoms with E-state index in [-0.39, 0.29) is 17.4 Å². The monoisotopic (exact) mass is 261 g/mol. The SMILES string of the molecule is O=C(CC1C=CCC1)NCCc1ccc(O)c(O)c1. The van der Waals surface area contributed by atoms with Gasteiger partial charge in [0, 0.05) is 13.0 Å². The van der Waals surface area contributed by atoms with Crippen molar-refractivity contribution in [1.29, 1.82) is 0 Å². The third-order valence-corrected chi connectivity index (χ3v) is 3.34. The van der Waals surface area contributed by atoms with Crippen LogP contribution in [-0.2, 0) is 11.2 Å². The van der Waals surface area contributed by atoms with Crippen LogP contribution in [0.4, 0.5) is 0 Å². The van der Waals surface area contributed by atoms with E-state index in [1.807, 2.05) is 0 Å². The molecule has 4 heteroatoms. The zero-order valence-electron chi connectivity index (χ0n) is 10.8. The lowest BCUT2D eigenvalue weighted by molar-refractivity contribution is -0.121. The number of hydrogen-bond acceptors (Lipinski definition) is 3. The van der Waals surface area contributed by atoms with Crippen LogP contribution in [0.15, 0.2) is 30.4 Å². The Morgan fingerprint density at radius 1 is 1.32 bits per heavy atom. The average molecular weight is 261 g/mol. The molecule has 1 atom stereocenters. The van der Waals surface area contributed by atoms with Gasteiger partial charge in [0.25, 0.3) is 0 Å². The molecule has 0 saturated heterocycles. The first-order valence-corrected chi connectivity index (χ1v) is 6.59. The topological polar surface area (TPSA) is 69.6 Å². The molecular weight excluding hydrogens is 242 g/mol. The first kappa shape index (κ1) is 13.5. The van der Waals surface area contributed by atoms with Gasteiger partial charge in [-0.25, -0.2) is 0 Å². The minimum absolute atomic E-state index is 0.0690. The summed E-state index contributed by atoms with van der Waals surface area (Å²) >= 11 is 0. The number of carbonyl (C=O) groups is 1. The molecule has 19 heavy (non-hydrogen) atoms. The van der Waals surface area contributed by atoms with E-state index >= 15 is 0 Å². The highest BCUT2D eigenvalue weighted by atomic mass is 16.3. The van der Waals surface area contributed by atoms with Gasteiger partial charge in [-0.3, -0.25) is 4.79 Å². The number of hydrogen-bond donors (Lipinski definition) is 3. The molecule has 1 aromatic carbocycles. The van der Waals surface area contributed by atoms with E-state index < -0.39 is 0 Å². The molecule has 1 aromatic rings. The molecule has 0 bridgehead atoms. The lowest BCUT2D eigenvalue weighted by Gasteiger charge is -2.09. The normalized spacial score (nSPS) is 17.6. The number of allylic oxidation sites excluding steroid dienone is 2. The van der Waals surface area contributed by atoms with E-state index in [2.05, 4.69) is 17.5 Å². The van der Waals surface area contributed by atoms with Gasteiger partial charge in [0.1, 0.15) is 0 Å². The standard InChI is InChI=1S/C15H19NO3/c17-13-6-5-12(9-14(13)18)7-8-16-15(19)10-11-3-1-2-4-11/h1,3,5-6,9,11,17-18H,2,4,7-8,10H2,(H,16,19). The second kappa shape index (κ2) is 6.27. The molecule has 3 N–H and O–H groups in total. The summed E-state index contributed by atoms with van der Waals surface area (Å²) in [7, 11) is 0. The molecule has 1 amide bonds. The first-order chi connectivity index (χ1) is 9.15. The molecule has 1 unspecified atom stereocenters. The van der Waals surface area contributed by atoms with Gasteiger partial charge in [-0.1, -0.05) is 18.2 Å². The van der Waals surface area contributed by atoms with E-state index in [0.29, 0.717) is 25.3 Å². The van der Waals surface area contributed by atoms with Crippen molar-refractivity contribution in [2.75, 3.05) is 6.54 Å². The van der Waals surface area contributed by atoms with Gasteiger partial charge in [-0.05, 0) is 42.9 Å². The second-order valence-corrected chi connectivity index (χ2v) is 4.89. The number of aromatic hydroxyl groups is 2. The minimum atomic E-state index is -0.125.